The second-order valence-electron chi connectivity index (χ2n) is 5.70. The van der Waals surface area contributed by atoms with Crippen molar-refractivity contribution in [3.8, 4) is 0 Å². The summed E-state index contributed by atoms with van der Waals surface area (Å²) < 4.78 is 8.65. The van der Waals surface area contributed by atoms with Gasteiger partial charge in [0.2, 0.25) is 0 Å². The molecule has 0 fully saturated rings. The third-order valence-electron chi connectivity index (χ3n) is 4.23. The van der Waals surface area contributed by atoms with E-state index in [1.807, 2.05) is 35.0 Å². The minimum Gasteiger partial charge on any atom is -0.408 e. The van der Waals surface area contributed by atoms with Crippen molar-refractivity contribution >= 4 is 34.3 Å². The van der Waals surface area contributed by atoms with E-state index in [-0.39, 0.29) is 6.04 Å². The van der Waals surface area contributed by atoms with Crippen LogP contribution in [0.3, 0.4) is 0 Å². The van der Waals surface area contributed by atoms with Gasteiger partial charge in [-0.1, -0.05) is 41.4 Å². The van der Waals surface area contributed by atoms with E-state index in [4.69, 9.17) is 27.6 Å². The largest absolute Gasteiger partial charge is 0.419 e. The monoisotopic (exact) mass is 373 g/mol. The third-order valence-corrected chi connectivity index (χ3v) is 4.90. The van der Waals surface area contributed by atoms with Gasteiger partial charge in [0.05, 0.1) is 17.9 Å². The molecule has 25 heavy (non-hydrogen) atoms. The molecule has 1 unspecified atom stereocenters. The Balaban J connectivity index is 2.00. The molecule has 4 aromatic rings. The van der Waals surface area contributed by atoms with Crippen LogP contribution in [0.15, 0.2) is 64.3 Å². The first-order chi connectivity index (χ1) is 12.1. The standard InChI is InChI=1S/C18H13Cl2N3O2/c1-22-15-9-14(20)12(8-16(15)25-18(22)24)17(23-7-6-21-10-23)11-4-2-3-5-13(11)19/h2-10,17H,1H3. The number of aryl methyl sites for hydroxylation is 1. The Bertz CT molecular complexity index is 1110. The third kappa shape index (κ3) is 2.65. The van der Waals surface area contributed by atoms with Crippen LogP contribution in [0.4, 0.5) is 0 Å². The minimum absolute atomic E-state index is 0.293. The fourth-order valence-electron chi connectivity index (χ4n) is 2.98. The van der Waals surface area contributed by atoms with Gasteiger partial charge >= 0.3 is 5.76 Å². The predicted octanol–water partition coefficient (Wildman–Crippen LogP) is 4.27. The second-order valence-corrected chi connectivity index (χ2v) is 6.52. The van der Waals surface area contributed by atoms with Gasteiger partial charge in [0.1, 0.15) is 0 Å². The summed E-state index contributed by atoms with van der Waals surface area (Å²) in [7, 11) is 1.64. The summed E-state index contributed by atoms with van der Waals surface area (Å²) in [6, 6.07) is 10.8. The molecule has 7 heteroatoms. The maximum atomic E-state index is 11.8. The molecule has 0 aliphatic carbocycles. The van der Waals surface area contributed by atoms with Gasteiger partial charge in [-0.25, -0.2) is 9.78 Å². The lowest BCUT2D eigenvalue weighted by atomic mass is 9.98. The van der Waals surface area contributed by atoms with E-state index >= 15 is 0 Å². The van der Waals surface area contributed by atoms with Crippen molar-refractivity contribution in [2.24, 2.45) is 7.05 Å². The van der Waals surface area contributed by atoms with E-state index in [2.05, 4.69) is 4.98 Å². The highest BCUT2D eigenvalue weighted by atomic mass is 35.5. The normalized spacial score (nSPS) is 12.6. The van der Waals surface area contributed by atoms with E-state index in [1.54, 1.807) is 31.7 Å². The van der Waals surface area contributed by atoms with Crippen molar-refractivity contribution in [1.82, 2.24) is 14.1 Å². The minimum atomic E-state index is -0.430. The van der Waals surface area contributed by atoms with Crippen LogP contribution in [0.2, 0.25) is 10.0 Å². The molecular formula is C18H13Cl2N3O2. The average molecular weight is 374 g/mol. The van der Waals surface area contributed by atoms with Crippen molar-refractivity contribution in [3.05, 3.63) is 86.8 Å². The van der Waals surface area contributed by atoms with Crippen LogP contribution in [0, 0.1) is 0 Å². The molecular weight excluding hydrogens is 361 g/mol. The van der Waals surface area contributed by atoms with E-state index in [0.29, 0.717) is 21.1 Å². The van der Waals surface area contributed by atoms with Gasteiger partial charge in [-0.15, -0.1) is 0 Å². The van der Waals surface area contributed by atoms with Gasteiger partial charge in [-0.05, 0) is 23.8 Å². The summed E-state index contributed by atoms with van der Waals surface area (Å²) in [6.45, 7) is 0. The summed E-state index contributed by atoms with van der Waals surface area (Å²) in [5.74, 6) is -0.430. The number of halogens is 2. The van der Waals surface area contributed by atoms with Crippen molar-refractivity contribution < 1.29 is 4.42 Å². The SMILES string of the molecule is Cn1c(=O)oc2cc(C(c3ccccc3Cl)n3ccnc3)c(Cl)cc21. The summed E-state index contributed by atoms with van der Waals surface area (Å²) in [5.41, 5.74) is 2.77. The highest BCUT2D eigenvalue weighted by Gasteiger charge is 2.23. The molecule has 0 saturated carbocycles. The van der Waals surface area contributed by atoms with Crippen molar-refractivity contribution in [3.63, 3.8) is 0 Å². The van der Waals surface area contributed by atoms with Gasteiger partial charge < -0.3 is 8.98 Å². The number of oxazole rings is 1. The molecule has 0 saturated heterocycles. The van der Waals surface area contributed by atoms with Crippen LogP contribution in [0.25, 0.3) is 11.1 Å². The molecule has 2 heterocycles. The molecule has 0 bridgehead atoms. The second kappa shape index (κ2) is 6.10. The number of fused-ring (bicyclic) bond motifs is 1. The Morgan fingerprint density at radius 1 is 1.12 bits per heavy atom. The molecule has 4 rings (SSSR count). The first kappa shape index (κ1) is 16.0. The lowest BCUT2D eigenvalue weighted by Crippen LogP contribution is -2.12. The summed E-state index contributed by atoms with van der Waals surface area (Å²) in [5, 5.41) is 1.13. The van der Waals surface area contributed by atoms with Crippen LogP contribution in [-0.2, 0) is 7.05 Å². The van der Waals surface area contributed by atoms with Gasteiger partial charge in [-0.3, -0.25) is 4.57 Å². The fourth-order valence-corrected chi connectivity index (χ4v) is 3.48. The Kier molecular flexibility index (Phi) is 3.90. The van der Waals surface area contributed by atoms with Crippen LogP contribution in [0.1, 0.15) is 17.2 Å². The fraction of sp³-hybridized carbons (Fsp3) is 0.111. The number of hydrogen-bond donors (Lipinski definition) is 0. The first-order valence-electron chi connectivity index (χ1n) is 7.57. The number of nitrogens with zero attached hydrogens (tertiary/aromatic N) is 3. The highest BCUT2D eigenvalue weighted by Crippen LogP contribution is 2.37. The molecule has 0 aliphatic rings. The maximum Gasteiger partial charge on any atom is 0.419 e. The van der Waals surface area contributed by atoms with E-state index < -0.39 is 5.76 Å². The van der Waals surface area contributed by atoms with Gasteiger partial charge in [0.25, 0.3) is 0 Å². The quantitative estimate of drug-likeness (QED) is 0.538. The van der Waals surface area contributed by atoms with E-state index in [0.717, 1.165) is 11.1 Å². The van der Waals surface area contributed by atoms with Crippen LogP contribution < -0.4 is 5.76 Å². The number of rotatable bonds is 3. The smallest absolute Gasteiger partial charge is 0.408 e. The highest BCUT2D eigenvalue weighted by molar-refractivity contribution is 6.32. The molecule has 126 valence electrons. The molecule has 0 radical (unpaired) electrons. The molecule has 0 spiro atoms. The Hall–Kier alpha value is -2.50. The molecule has 2 aromatic heterocycles. The Morgan fingerprint density at radius 3 is 2.64 bits per heavy atom. The van der Waals surface area contributed by atoms with Crippen molar-refractivity contribution in [2.75, 3.05) is 0 Å². The molecule has 1 atom stereocenters. The van der Waals surface area contributed by atoms with Gasteiger partial charge in [0, 0.05) is 35.1 Å². The van der Waals surface area contributed by atoms with Crippen molar-refractivity contribution in [1.29, 1.82) is 0 Å². The zero-order valence-corrected chi connectivity index (χ0v) is 14.7. The lowest BCUT2D eigenvalue weighted by Gasteiger charge is -2.22. The summed E-state index contributed by atoms with van der Waals surface area (Å²) >= 11 is 13.0. The van der Waals surface area contributed by atoms with Crippen molar-refractivity contribution in [2.45, 2.75) is 6.04 Å². The first-order valence-corrected chi connectivity index (χ1v) is 8.32. The van der Waals surface area contributed by atoms with Gasteiger partial charge in [-0.2, -0.15) is 0 Å². The number of hydrogen-bond acceptors (Lipinski definition) is 3. The molecule has 0 amide bonds. The van der Waals surface area contributed by atoms with E-state index in [9.17, 15) is 4.79 Å². The zero-order chi connectivity index (χ0) is 17.6. The Labute approximate surface area is 153 Å². The van der Waals surface area contributed by atoms with Crippen LogP contribution in [-0.4, -0.2) is 14.1 Å². The van der Waals surface area contributed by atoms with Crippen LogP contribution in [0.5, 0.6) is 0 Å². The predicted molar refractivity (Wildman–Crippen MR) is 97.4 cm³/mol. The van der Waals surface area contributed by atoms with Gasteiger partial charge in [0.15, 0.2) is 5.58 Å². The van der Waals surface area contributed by atoms with E-state index in [1.165, 1.54) is 4.57 Å². The zero-order valence-electron chi connectivity index (χ0n) is 13.2. The maximum absolute atomic E-state index is 11.8. The van der Waals surface area contributed by atoms with Crippen LogP contribution >= 0.6 is 23.2 Å². The number of aromatic nitrogens is 3. The molecule has 2 aromatic carbocycles. The molecule has 0 aliphatic heterocycles. The lowest BCUT2D eigenvalue weighted by molar-refractivity contribution is 0.527. The number of benzene rings is 2. The topological polar surface area (TPSA) is 53.0 Å². The number of imidazole rings is 1. The average Bonchev–Trinajstić information content (AvgIpc) is 3.20. The Morgan fingerprint density at radius 2 is 1.92 bits per heavy atom. The summed E-state index contributed by atoms with van der Waals surface area (Å²) in [4.78, 5) is 15.9. The molecule has 0 N–H and O–H groups in total. The summed E-state index contributed by atoms with van der Waals surface area (Å²) in [6.07, 6.45) is 5.24. The molecule has 5 nitrogen and oxygen atoms in total.